The van der Waals surface area contributed by atoms with E-state index in [0.717, 1.165) is 55.3 Å². The monoisotopic (exact) mass is 801 g/mol. The molecule has 3 aromatic heterocycles. The van der Waals surface area contributed by atoms with Gasteiger partial charge in [-0.2, -0.15) is 9.97 Å². The Morgan fingerprint density at radius 2 is 1.02 bits per heavy atom. The van der Waals surface area contributed by atoms with E-state index in [1.54, 1.807) is 0 Å². The van der Waals surface area contributed by atoms with E-state index in [0.29, 0.717) is 23.5 Å². The van der Waals surface area contributed by atoms with Crippen LogP contribution in [-0.2, 0) is 5.41 Å². The van der Waals surface area contributed by atoms with E-state index in [1.165, 1.54) is 43.5 Å². The molecule has 3 heterocycles. The first-order valence-electron chi connectivity index (χ1n) is 20.9. The Hall–Kier alpha value is -7.28. The van der Waals surface area contributed by atoms with Crippen molar-refractivity contribution in [2.24, 2.45) is 5.92 Å². The zero-order valence-corrected chi connectivity index (χ0v) is 34.6. The van der Waals surface area contributed by atoms with Gasteiger partial charge < -0.3 is 0 Å². The summed E-state index contributed by atoms with van der Waals surface area (Å²) in [4.78, 5) is 20.5. The molecule has 7 aromatic carbocycles. The Morgan fingerprint density at radius 3 is 1.61 bits per heavy atom. The van der Waals surface area contributed by atoms with E-state index >= 15 is 0 Å². The number of fused-ring (bicyclic) bond motifs is 7. The van der Waals surface area contributed by atoms with Gasteiger partial charge in [-0.3, -0.25) is 4.57 Å². The predicted octanol–water partition coefficient (Wildman–Crippen LogP) is 12.1. The maximum atomic E-state index is 5.19. The number of thiazole rings is 1. The summed E-state index contributed by atoms with van der Waals surface area (Å²) in [5.41, 5.74) is 14.1. The van der Waals surface area contributed by atoms with E-state index in [2.05, 4.69) is 164 Å². The minimum Gasteiger partial charge on any atom is -0.278 e. The summed E-state index contributed by atoms with van der Waals surface area (Å²) < 4.78 is 3.53. The molecule has 1 unspecified atom stereocenters. The number of hydrogen-bond donors (Lipinski definition) is 0. The Kier molecular flexibility index (Phi) is 8.12. The molecular weight excluding hydrogens is 763 g/mol. The second-order valence-corrected chi connectivity index (χ2v) is 17.7. The molecule has 2 aliphatic rings. The van der Waals surface area contributed by atoms with Crippen molar-refractivity contribution in [1.82, 2.24) is 24.5 Å². The van der Waals surface area contributed by atoms with Crippen LogP contribution in [0.1, 0.15) is 31.4 Å². The zero-order valence-electron chi connectivity index (χ0n) is 33.7. The highest BCUT2D eigenvalue weighted by molar-refractivity contribution is 7.13. The number of benzene rings is 7. The van der Waals surface area contributed by atoms with Crippen LogP contribution in [0.2, 0.25) is 0 Å². The number of aromatic nitrogens is 5. The molecule has 6 heteroatoms. The molecule has 61 heavy (non-hydrogen) atoms. The summed E-state index contributed by atoms with van der Waals surface area (Å²) in [5.74, 6) is 2.25. The average Bonchev–Trinajstić information content (AvgIpc) is 3.98. The molecular formula is C55H39N5S. The van der Waals surface area contributed by atoms with Gasteiger partial charge in [0.25, 0.3) is 0 Å². The highest BCUT2D eigenvalue weighted by Gasteiger charge is 2.44. The topological polar surface area (TPSA) is 56.5 Å². The highest BCUT2D eigenvalue weighted by Crippen LogP contribution is 2.52. The third-order valence-electron chi connectivity index (χ3n) is 12.8. The minimum absolute atomic E-state index is 0.0396. The van der Waals surface area contributed by atoms with Gasteiger partial charge in [0.15, 0.2) is 11.6 Å². The average molecular weight is 802 g/mol. The molecule has 0 spiro atoms. The molecule has 290 valence electrons. The van der Waals surface area contributed by atoms with Gasteiger partial charge in [0.05, 0.1) is 20.9 Å². The summed E-state index contributed by atoms with van der Waals surface area (Å²) in [7, 11) is 0. The summed E-state index contributed by atoms with van der Waals surface area (Å²) in [6.07, 6.45) is 3.36. The van der Waals surface area contributed by atoms with Crippen LogP contribution in [0.25, 0.3) is 95.0 Å². The van der Waals surface area contributed by atoms with E-state index < -0.39 is 0 Å². The molecule has 0 N–H and O–H groups in total. The quantitative estimate of drug-likeness (QED) is 0.168. The normalized spacial score (nSPS) is 15.0. The van der Waals surface area contributed by atoms with E-state index in [1.807, 2.05) is 47.7 Å². The molecule has 0 aliphatic heterocycles. The molecule has 0 saturated heterocycles. The van der Waals surface area contributed by atoms with Crippen LogP contribution < -0.4 is 9.88 Å². The van der Waals surface area contributed by atoms with Crippen LogP contribution >= 0.6 is 11.3 Å². The van der Waals surface area contributed by atoms with Crippen molar-refractivity contribution in [3.05, 3.63) is 197 Å². The van der Waals surface area contributed by atoms with Gasteiger partial charge in [0.1, 0.15) is 5.01 Å². The third-order valence-corrected chi connectivity index (χ3v) is 13.9. The lowest BCUT2D eigenvalue weighted by Crippen LogP contribution is -2.33. The Bertz CT molecular complexity index is 3400. The zero-order chi connectivity index (χ0) is 40.7. The van der Waals surface area contributed by atoms with Gasteiger partial charge in [-0.15, -0.1) is 11.3 Å². The summed E-state index contributed by atoms with van der Waals surface area (Å²) in [6, 6.07) is 62.3. The van der Waals surface area contributed by atoms with Crippen molar-refractivity contribution >= 4 is 44.8 Å². The second-order valence-electron chi connectivity index (χ2n) is 16.7. The van der Waals surface area contributed by atoms with E-state index in [9.17, 15) is 0 Å². The Balaban J connectivity index is 1.05. The van der Waals surface area contributed by atoms with E-state index in [-0.39, 0.29) is 5.41 Å². The molecule has 5 nitrogen and oxygen atoms in total. The SMILES string of the molecule is CC1(C)c2cc(-c3ccc4c(c3)c3cc(-c5ccccc5)ccc3n4-c3nc(-c4ccccc4)nc(-c4ccccc4)n3)ccc2C2=c3sc(-c4ccccc4)nc3=CCC21. The fraction of sp³-hybridized carbons (Fsp3) is 0.0909. The molecule has 0 amide bonds. The van der Waals surface area contributed by atoms with Crippen molar-refractivity contribution in [3.63, 3.8) is 0 Å². The maximum absolute atomic E-state index is 5.19. The lowest BCUT2D eigenvalue weighted by molar-refractivity contribution is 0.420. The van der Waals surface area contributed by atoms with Crippen LogP contribution in [0.5, 0.6) is 0 Å². The summed E-state index contributed by atoms with van der Waals surface area (Å²) in [6.45, 7) is 4.85. The maximum Gasteiger partial charge on any atom is 0.238 e. The molecule has 0 bridgehead atoms. The van der Waals surface area contributed by atoms with Crippen LogP contribution in [-0.4, -0.2) is 24.5 Å². The van der Waals surface area contributed by atoms with Gasteiger partial charge >= 0.3 is 0 Å². The second kappa shape index (κ2) is 13.9. The van der Waals surface area contributed by atoms with Crippen molar-refractivity contribution in [1.29, 1.82) is 0 Å². The molecule has 1 atom stereocenters. The number of hydrogen-bond acceptors (Lipinski definition) is 5. The van der Waals surface area contributed by atoms with Crippen molar-refractivity contribution in [2.45, 2.75) is 25.7 Å². The molecule has 2 aliphatic carbocycles. The lowest BCUT2D eigenvalue weighted by Gasteiger charge is -2.29. The smallest absolute Gasteiger partial charge is 0.238 e. The fourth-order valence-corrected chi connectivity index (χ4v) is 10.8. The van der Waals surface area contributed by atoms with Gasteiger partial charge in [-0.05, 0) is 87.0 Å². The lowest BCUT2D eigenvalue weighted by atomic mass is 9.75. The standard InChI is InChI=1S/C55H39N5S/c1-55(2)44-27-28-46-50(61-53(56-46)37-21-13-6-14-22-37)49(44)41-26-23-40(33-45(41)55)39-25-30-48-43(32-39)42-31-38(34-15-7-3-8-16-34)24-29-47(42)60(48)54-58-51(35-17-9-4-10-18-35)57-52(59-54)36-19-11-5-12-20-36/h3-26,28-33,44H,27H2,1-2H3. The predicted molar refractivity (Wildman–Crippen MR) is 251 cm³/mol. The third kappa shape index (κ3) is 5.81. The molecule has 0 saturated carbocycles. The van der Waals surface area contributed by atoms with Crippen molar-refractivity contribution in [2.75, 3.05) is 0 Å². The molecule has 12 rings (SSSR count). The largest absolute Gasteiger partial charge is 0.278 e. The van der Waals surface area contributed by atoms with Gasteiger partial charge in [-0.25, -0.2) is 9.97 Å². The fourth-order valence-electron chi connectivity index (χ4n) is 9.64. The first-order chi connectivity index (χ1) is 30.0. The van der Waals surface area contributed by atoms with Crippen LogP contribution in [0.3, 0.4) is 0 Å². The van der Waals surface area contributed by atoms with E-state index in [4.69, 9.17) is 19.9 Å². The van der Waals surface area contributed by atoms with Crippen LogP contribution in [0.15, 0.2) is 176 Å². The minimum atomic E-state index is -0.0396. The number of rotatable bonds is 6. The van der Waals surface area contributed by atoms with Crippen molar-refractivity contribution < 1.29 is 0 Å². The summed E-state index contributed by atoms with van der Waals surface area (Å²) in [5, 5.41) is 4.51. The number of nitrogens with zero attached hydrogens (tertiary/aromatic N) is 5. The first kappa shape index (κ1) is 35.6. The van der Waals surface area contributed by atoms with Gasteiger partial charge in [-0.1, -0.05) is 166 Å². The van der Waals surface area contributed by atoms with Crippen LogP contribution in [0, 0.1) is 5.92 Å². The highest BCUT2D eigenvalue weighted by atomic mass is 32.1. The first-order valence-corrected chi connectivity index (χ1v) is 21.7. The van der Waals surface area contributed by atoms with Gasteiger partial charge in [0, 0.05) is 27.5 Å². The van der Waals surface area contributed by atoms with Gasteiger partial charge in [0.2, 0.25) is 5.95 Å². The van der Waals surface area contributed by atoms with Crippen molar-refractivity contribution in [3.8, 4) is 61.5 Å². The molecule has 0 radical (unpaired) electrons. The molecule has 0 fully saturated rings. The molecule has 10 aromatic rings. The Labute approximate surface area is 357 Å². The van der Waals surface area contributed by atoms with Crippen LogP contribution in [0.4, 0.5) is 0 Å². The summed E-state index contributed by atoms with van der Waals surface area (Å²) >= 11 is 1.84. The Morgan fingerprint density at radius 1 is 0.508 bits per heavy atom.